The van der Waals surface area contributed by atoms with E-state index in [0.29, 0.717) is 11.8 Å². The van der Waals surface area contributed by atoms with Gasteiger partial charge in [-0.15, -0.1) is 0 Å². The molecule has 2 aliphatic rings. The number of carbonyl (C=O) groups excluding carboxylic acids is 1. The number of hydrogen-bond donors (Lipinski definition) is 1. The molecule has 0 aromatic carbocycles. The third-order valence-electron chi connectivity index (χ3n) is 5.49. The maximum atomic E-state index is 12.6. The van der Waals surface area contributed by atoms with Crippen LogP contribution in [0.2, 0.25) is 0 Å². The second kappa shape index (κ2) is 7.47. The van der Waals surface area contributed by atoms with Gasteiger partial charge in [-0.25, -0.2) is 4.98 Å². The Bertz CT molecular complexity index is 519. The van der Waals surface area contributed by atoms with E-state index in [4.69, 9.17) is 5.73 Å². The van der Waals surface area contributed by atoms with E-state index in [1.54, 1.807) is 0 Å². The van der Waals surface area contributed by atoms with Gasteiger partial charge in [-0.05, 0) is 38.5 Å². The summed E-state index contributed by atoms with van der Waals surface area (Å²) in [5.74, 6) is 2.23. The van der Waals surface area contributed by atoms with Gasteiger partial charge in [0.05, 0.1) is 0 Å². The smallest absolute Gasteiger partial charge is 0.225 e. The highest BCUT2D eigenvalue weighted by molar-refractivity contribution is 5.79. The Kier molecular flexibility index (Phi) is 5.36. The molecule has 1 aromatic rings. The number of amides is 1. The maximum Gasteiger partial charge on any atom is 0.225 e. The van der Waals surface area contributed by atoms with Crippen LogP contribution < -0.4 is 5.73 Å². The standard InChI is InChI=1S/C18H30N4O/c1-2-3-9-21-12-8-20-17(21)14-6-10-22(11-7-14)18(23)15-4-5-16(19)13-15/h8,12,14-16H,2-7,9-11,13,19H2,1H3/t15-,16+/m0/s1. The predicted octanol–water partition coefficient (Wildman–Crippen LogP) is 2.52. The summed E-state index contributed by atoms with van der Waals surface area (Å²) in [6, 6.07) is 0.229. The van der Waals surface area contributed by atoms with Crippen molar-refractivity contribution in [2.24, 2.45) is 11.7 Å². The molecule has 23 heavy (non-hydrogen) atoms. The molecule has 0 spiro atoms. The Balaban J connectivity index is 1.54. The first-order chi connectivity index (χ1) is 11.2. The van der Waals surface area contributed by atoms with Gasteiger partial charge in [-0.3, -0.25) is 4.79 Å². The van der Waals surface area contributed by atoms with E-state index in [9.17, 15) is 4.79 Å². The lowest BCUT2D eigenvalue weighted by atomic mass is 9.94. The van der Waals surface area contributed by atoms with Crippen LogP contribution in [0.3, 0.4) is 0 Å². The van der Waals surface area contributed by atoms with Crippen molar-refractivity contribution in [1.29, 1.82) is 0 Å². The Morgan fingerprint density at radius 2 is 2.09 bits per heavy atom. The summed E-state index contributed by atoms with van der Waals surface area (Å²) in [7, 11) is 0. The number of imidazole rings is 1. The van der Waals surface area contributed by atoms with Gasteiger partial charge in [0, 0.05) is 49.9 Å². The molecule has 0 bridgehead atoms. The zero-order valence-corrected chi connectivity index (χ0v) is 14.3. The number of likely N-dealkylation sites (tertiary alicyclic amines) is 1. The van der Waals surface area contributed by atoms with Crippen LogP contribution in [0.1, 0.15) is 63.6 Å². The van der Waals surface area contributed by atoms with Crippen molar-refractivity contribution >= 4 is 5.91 Å². The molecule has 2 heterocycles. The summed E-state index contributed by atoms with van der Waals surface area (Å²) in [5.41, 5.74) is 5.95. The zero-order chi connectivity index (χ0) is 16.2. The monoisotopic (exact) mass is 318 g/mol. The second-order valence-electron chi connectivity index (χ2n) is 7.20. The zero-order valence-electron chi connectivity index (χ0n) is 14.3. The number of carbonyl (C=O) groups is 1. The minimum atomic E-state index is 0.174. The minimum Gasteiger partial charge on any atom is -0.342 e. The van der Waals surface area contributed by atoms with E-state index >= 15 is 0 Å². The first kappa shape index (κ1) is 16.5. The molecule has 5 nitrogen and oxygen atoms in total. The van der Waals surface area contributed by atoms with Crippen molar-refractivity contribution in [3.05, 3.63) is 18.2 Å². The van der Waals surface area contributed by atoms with Crippen molar-refractivity contribution in [2.45, 2.75) is 70.4 Å². The number of aryl methyl sites for hydroxylation is 1. The van der Waals surface area contributed by atoms with Crippen LogP contribution >= 0.6 is 0 Å². The summed E-state index contributed by atoms with van der Waals surface area (Å²) in [5, 5.41) is 0. The van der Waals surface area contributed by atoms with Gasteiger partial charge in [0.15, 0.2) is 0 Å². The summed E-state index contributed by atoms with van der Waals surface area (Å²) >= 11 is 0. The molecule has 1 aromatic heterocycles. The van der Waals surface area contributed by atoms with Gasteiger partial charge in [0.25, 0.3) is 0 Å². The van der Waals surface area contributed by atoms with Crippen molar-refractivity contribution in [1.82, 2.24) is 14.5 Å². The normalized spacial score (nSPS) is 25.9. The van der Waals surface area contributed by atoms with Gasteiger partial charge in [0.2, 0.25) is 5.91 Å². The SMILES string of the molecule is CCCCn1ccnc1C1CCN(C(=O)[C@H]2CC[C@@H](N)C2)CC1. The van der Waals surface area contributed by atoms with Crippen molar-refractivity contribution in [2.75, 3.05) is 13.1 Å². The lowest BCUT2D eigenvalue weighted by Gasteiger charge is -2.33. The fourth-order valence-electron chi connectivity index (χ4n) is 4.06. The maximum absolute atomic E-state index is 12.6. The van der Waals surface area contributed by atoms with Crippen LogP contribution in [-0.4, -0.2) is 39.5 Å². The highest BCUT2D eigenvalue weighted by Gasteiger charge is 2.33. The molecule has 5 heteroatoms. The van der Waals surface area contributed by atoms with E-state index in [1.807, 2.05) is 6.20 Å². The van der Waals surface area contributed by atoms with E-state index in [2.05, 4.69) is 27.6 Å². The van der Waals surface area contributed by atoms with E-state index in [1.165, 1.54) is 18.7 Å². The fourth-order valence-corrected chi connectivity index (χ4v) is 4.06. The average molecular weight is 318 g/mol. The molecule has 1 aliphatic carbocycles. The van der Waals surface area contributed by atoms with Crippen molar-refractivity contribution in [3.8, 4) is 0 Å². The largest absolute Gasteiger partial charge is 0.342 e. The number of piperidine rings is 1. The number of nitrogens with two attached hydrogens (primary N) is 1. The number of aromatic nitrogens is 2. The first-order valence-electron chi connectivity index (χ1n) is 9.24. The summed E-state index contributed by atoms with van der Waals surface area (Å²) in [4.78, 5) is 19.3. The van der Waals surface area contributed by atoms with Gasteiger partial charge >= 0.3 is 0 Å². The van der Waals surface area contributed by atoms with Gasteiger partial charge in [-0.1, -0.05) is 13.3 Å². The van der Waals surface area contributed by atoms with Crippen LogP contribution in [0.15, 0.2) is 12.4 Å². The molecule has 0 radical (unpaired) electrons. The van der Waals surface area contributed by atoms with Gasteiger partial charge in [0.1, 0.15) is 5.82 Å². The molecule has 0 unspecified atom stereocenters. The molecular weight excluding hydrogens is 288 g/mol. The minimum absolute atomic E-state index is 0.174. The van der Waals surface area contributed by atoms with Crippen LogP contribution in [0.25, 0.3) is 0 Å². The topological polar surface area (TPSA) is 64.2 Å². The van der Waals surface area contributed by atoms with Crippen LogP contribution in [0.4, 0.5) is 0 Å². The average Bonchev–Trinajstić information content (AvgIpc) is 3.21. The molecule has 2 N–H and O–H groups in total. The molecule has 1 aliphatic heterocycles. The van der Waals surface area contributed by atoms with Crippen LogP contribution in [0, 0.1) is 5.92 Å². The fraction of sp³-hybridized carbons (Fsp3) is 0.778. The van der Waals surface area contributed by atoms with Crippen molar-refractivity contribution in [3.63, 3.8) is 0 Å². The molecular formula is C18H30N4O. The van der Waals surface area contributed by atoms with Gasteiger partial charge < -0.3 is 15.2 Å². The van der Waals surface area contributed by atoms with E-state index < -0.39 is 0 Å². The quantitative estimate of drug-likeness (QED) is 0.907. The van der Waals surface area contributed by atoms with Crippen LogP contribution in [0.5, 0.6) is 0 Å². The van der Waals surface area contributed by atoms with E-state index in [0.717, 1.165) is 51.7 Å². The number of rotatable bonds is 5. The summed E-state index contributed by atoms with van der Waals surface area (Å²) in [6.07, 6.45) is 11.3. The Labute approximate surface area is 139 Å². The highest BCUT2D eigenvalue weighted by Crippen LogP contribution is 2.31. The molecule has 1 saturated heterocycles. The molecule has 1 amide bonds. The predicted molar refractivity (Wildman–Crippen MR) is 91.0 cm³/mol. The number of nitrogens with zero attached hydrogens (tertiary/aromatic N) is 3. The molecule has 2 atom stereocenters. The third kappa shape index (κ3) is 3.77. The molecule has 2 fully saturated rings. The Morgan fingerprint density at radius 3 is 2.74 bits per heavy atom. The lowest BCUT2D eigenvalue weighted by Crippen LogP contribution is -2.41. The summed E-state index contributed by atoms with van der Waals surface area (Å²) in [6.45, 7) is 5.02. The Morgan fingerprint density at radius 1 is 1.30 bits per heavy atom. The molecule has 3 rings (SSSR count). The second-order valence-corrected chi connectivity index (χ2v) is 7.20. The molecule has 128 valence electrons. The number of hydrogen-bond acceptors (Lipinski definition) is 3. The highest BCUT2D eigenvalue weighted by atomic mass is 16.2. The van der Waals surface area contributed by atoms with Crippen molar-refractivity contribution < 1.29 is 4.79 Å². The van der Waals surface area contributed by atoms with Crippen LogP contribution in [-0.2, 0) is 11.3 Å². The summed E-state index contributed by atoms with van der Waals surface area (Å²) < 4.78 is 2.31. The number of unbranched alkanes of at least 4 members (excludes halogenated alkanes) is 1. The first-order valence-corrected chi connectivity index (χ1v) is 9.24. The lowest BCUT2D eigenvalue weighted by molar-refractivity contribution is -0.136. The van der Waals surface area contributed by atoms with E-state index in [-0.39, 0.29) is 12.0 Å². The molecule has 1 saturated carbocycles. The Hall–Kier alpha value is -1.36. The third-order valence-corrected chi connectivity index (χ3v) is 5.49. The van der Waals surface area contributed by atoms with Gasteiger partial charge in [-0.2, -0.15) is 0 Å².